The van der Waals surface area contributed by atoms with Crippen LogP contribution in [0.3, 0.4) is 0 Å². The number of carbonyl (C=O) groups excluding carboxylic acids is 1. The first-order valence-electron chi connectivity index (χ1n) is 6.27. The summed E-state index contributed by atoms with van der Waals surface area (Å²) >= 11 is 1.58. The van der Waals surface area contributed by atoms with Crippen LogP contribution in [0.2, 0.25) is 0 Å². The molecular weight excluding hydrogens is 230 g/mol. The van der Waals surface area contributed by atoms with Crippen LogP contribution in [0.25, 0.3) is 0 Å². The molecule has 3 heteroatoms. The van der Waals surface area contributed by atoms with Crippen molar-refractivity contribution in [2.75, 3.05) is 5.73 Å². The highest BCUT2D eigenvalue weighted by Crippen LogP contribution is 2.36. The molecule has 0 bridgehead atoms. The first-order valence-corrected chi connectivity index (χ1v) is 7.09. The second-order valence-corrected chi connectivity index (χ2v) is 6.56. The highest BCUT2D eigenvalue weighted by Gasteiger charge is 2.29. The molecule has 17 heavy (non-hydrogen) atoms. The normalized spacial score (nSPS) is 11.8. The van der Waals surface area contributed by atoms with Crippen LogP contribution in [0, 0.1) is 5.41 Å². The van der Waals surface area contributed by atoms with Crippen molar-refractivity contribution in [3.63, 3.8) is 0 Å². The maximum Gasteiger partial charge on any atom is 0.171 e. The van der Waals surface area contributed by atoms with E-state index in [0.717, 1.165) is 24.8 Å². The Labute approximate surface area is 108 Å². The fraction of sp³-hybridized carbons (Fsp3) is 0.643. The van der Waals surface area contributed by atoms with E-state index >= 15 is 0 Å². The summed E-state index contributed by atoms with van der Waals surface area (Å²) in [4.78, 5) is 13.7. The van der Waals surface area contributed by atoms with Gasteiger partial charge >= 0.3 is 0 Å². The Bertz CT molecular complexity index is 413. The first kappa shape index (κ1) is 14.2. The number of aryl methyl sites for hydroxylation is 1. The van der Waals surface area contributed by atoms with Gasteiger partial charge in [0.15, 0.2) is 5.78 Å². The van der Waals surface area contributed by atoms with Crippen LogP contribution in [0.1, 0.15) is 61.8 Å². The molecule has 0 amide bonds. The van der Waals surface area contributed by atoms with Crippen molar-refractivity contribution in [3.05, 3.63) is 16.0 Å². The lowest BCUT2D eigenvalue weighted by Gasteiger charge is -2.18. The molecule has 1 heterocycles. The van der Waals surface area contributed by atoms with E-state index in [4.69, 9.17) is 5.73 Å². The number of hydrogen-bond acceptors (Lipinski definition) is 3. The van der Waals surface area contributed by atoms with Crippen LogP contribution in [0.4, 0.5) is 5.00 Å². The van der Waals surface area contributed by atoms with Gasteiger partial charge in [-0.25, -0.2) is 0 Å². The van der Waals surface area contributed by atoms with Gasteiger partial charge in [0, 0.05) is 10.3 Å². The van der Waals surface area contributed by atoms with E-state index in [2.05, 4.69) is 13.8 Å². The van der Waals surface area contributed by atoms with Gasteiger partial charge in [0.05, 0.1) is 10.6 Å². The Morgan fingerprint density at radius 3 is 2.29 bits per heavy atom. The van der Waals surface area contributed by atoms with Crippen molar-refractivity contribution in [1.82, 2.24) is 0 Å². The number of hydrogen-bond donors (Lipinski definition) is 1. The largest absolute Gasteiger partial charge is 0.390 e. The van der Waals surface area contributed by atoms with Crippen LogP contribution < -0.4 is 5.73 Å². The minimum absolute atomic E-state index is 0.175. The highest BCUT2D eigenvalue weighted by atomic mass is 32.1. The maximum absolute atomic E-state index is 12.4. The van der Waals surface area contributed by atoms with E-state index in [-0.39, 0.29) is 11.2 Å². The first-order chi connectivity index (χ1) is 7.82. The molecule has 0 saturated carbocycles. The molecule has 0 aliphatic carbocycles. The van der Waals surface area contributed by atoms with Gasteiger partial charge in [-0.15, -0.1) is 11.3 Å². The monoisotopic (exact) mass is 253 g/mol. The fourth-order valence-corrected chi connectivity index (χ4v) is 3.01. The second kappa shape index (κ2) is 5.21. The van der Waals surface area contributed by atoms with Crippen molar-refractivity contribution in [3.8, 4) is 0 Å². The fourth-order valence-electron chi connectivity index (χ4n) is 1.96. The van der Waals surface area contributed by atoms with Gasteiger partial charge in [-0.2, -0.15) is 0 Å². The molecule has 1 aromatic rings. The van der Waals surface area contributed by atoms with Gasteiger partial charge < -0.3 is 5.73 Å². The highest BCUT2D eigenvalue weighted by molar-refractivity contribution is 7.16. The average molecular weight is 253 g/mol. The molecule has 1 aromatic heterocycles. The average Bonchev–Trinajstić information content (AvgIpc) is 2.53. The van der Waals surface area contributed by atoms with Crippen LogP contribution in [0.5, 0.6) is 0 Å². The molecule has 0 atom stereocenters. The standard InChI is InChI=1S/C14H23NOS/c1-6-8-9-10(7-2)17-13(15)11(9)12(16)14(3,4)5/h6-8,15H2,1-5H3. The van der Waals surface area contributed by atoms with E-state index in [1.165, 1.54) is 10.4 Å². The van der Waals surface area contributed by atoms with Crippen molar-refractivity contribution in [2.45, 2.75) is 53.9 Å². The zero-order valence-electron chi connectivity index (χ0n) is 11.5. The Balaban J connectivity index is 3.31. The van der Waals surface area contributed by atoms with Gasteiger partial charge in [-0.1, -0.05) is 41.0 Å². The summed E-state index contributed by atoms with van der Waals surface area (Å²) in [7, 11) is 0. The third-order valence-corrected chi connectivity index (χ3v) is 4.05. The maximum atomic E-state index is 12.4. The summed E-state index contributed by atoms with van der Waals surface area (Å²) in [6.45, 7) is 10.1. The Morgan fingerprint density at radius 1 is 1.29 bits per heavy atom. The van der Waals surface area contributed by atoms with Crippen LogP contribution in [0.15, 0.2) is 0 Å². The third-order valence-electron chi connectivity index (χ3n) is 2.85. The van der Waals surface area contributed by atoms with E-state index in [1.54, 1.807) is 11.3 Å². The zero-order valence-corrected chi connectivity index (χ0v) is 12.3. The number of rotatable bonds is 4. The Hall–Kier alpha value is -0.830. The number of anilines is 1. The van der Waals surface area contributed by atoms with E-state index in [0.29, 0.717) is 5.00 Å². The molecule has 2 nitrogen and oxygen atoms in total. The zero-order chi connectivity index (χ0) is 13.2. The van der Waals surface area contributed by atoms with Crippen LogP contribution in [-0.4, -0.2) is 5.78 Å². The Kier molecular flexibility index (Phi) is 4.36. The van der Waals surface area contributed by atoms with Crippen molar-refractivity contribution in [1.29, 1.82) is 0 Å². The molecule has 1 rings (SSSR count). The number of thiophene rings is 1. The molecule has 0 aliphatic rings. The summed E-state index contributed by atoms with van der Waals surface area (Å²) in [6.07, 6.45) is 2.96. The SMILES string of the molecule is CCCc1c(CC)sc(N)c1C(=O)C(C)(C)C. The van der Waals surface area contributed by atoms with Crippen molar-refractivity contribution < 1.29 is 4.79 Å². The quantitative estimate of drug-likeness (QED) is 0.822. The number of nitrogens with two attached hydrogens (primary N) is 1. The minimum Gasteiger partial charge on any atom is -0.390 e. The predicted octanol–water partition coefficient (Wildman–Crippen LogP) is 4.07. The number of carbonyl (C=O) groups is 1. The van der Waals surface area contributed by atoms with Gasteiger partial charge in [0.2, 0.25) is 0 Å². The lowest BCUT2D eigenvalue weighted by molar-refractivity contribution is 0.0858. The van der Waals surface area contributed by atoms with Crippen molar-refractivity contribution >= 4 is 22.1 Å². The lowest BCUT2D eigenvalue weighted by atomic mass is 9.84. The molecule has 0 spiro atoms. The molecular formula is C14H23NOS. The van der Waals surface area contributed by atoms with Crippen LogP contribution in [-0.2, 0) is 12.8 Å². The molecule has 0 aromatic carbocycles. The predicted molar refractivity (Wildman–Crippen MR) is 75.9 cm³/mol. The van der Waals surface area contributed by atoms with Gasteiger partial charge in [-0.3, -0.25) is 4.79 Å². The second-order valence-electron chi connectivity index (χ2n) is 5.43. The smallest absolute Gasteiger partial charge is 0.171 e. The minimum atomic E-state index is -0.358. The molecule has 2 N–H and O–H groups in total. The Morgan fingerprint density at radius 2 is 1.88 bits per heavy atom. The van der Waals surface area contributed by atoms with Gasteiger partial charge in [-0.05, 0) is 18.4 Å². The van der Waals surface area contributed by atoms with E-state index < -0.39 is 0 Å². The number of Topliss-reactive ketones (excluding diaryl/α,β-unsaturated/α-hetero) is 1. The van der Waals surface area contributed by atoms with Gasteiger partial charge in [0.25, 0.3) is 0 Å². The molecule has 0 unspecified atom stereocenters. The topological polar surface area (TPSA) is 43.1 Å². The third kappa shape index (κ3) is 2.89. The van der Waals surface area contributed by atoms with E-state index in [1.807, 2.05) is 20.8 Å². The summed E-state index contributed by atoms with van der Waals surface area (Å²) in [5.74, 6) is 0.175. The molecule has 0 saturated heterocycles. The molecule has 0 radical (unpaired) electrons. The molecule has 96 valence electrons. The number of nitrogen functional groups attached to an aromatic ring is 1. The summed E-state index contributed by atoms with van der Waals surface area (Å²) < 4.78 is 0. The van der Waals surface area contributed by atoms with Crippen molar-refractivity contribution in [2.24, 2.45) is 5.41 Å². The van der Waals surface area contributed by atoms with E-state index in [9.17, 15) is 4.79 Å². The molecule has 0 aliphatic heterocycles. The summed E-state index contributed by atoms with van der Waals surface area (Å²) in [5, 5.41) is 0.699. The summed E-state index contributed by atoms with van der Waals surface area (Å²) in [5.41, 5.74) is 7.67. The lowest BCUT2D eigenvalue weighted by Crippen LogP contribution is -2.22. The molecule has 0 fully saturated rings. The summed E-state index contributed by atoms with van der Waals surface area (Å²) in [6, 6.07) is 0. The van der Waals surface area contributed by atoms with Crippen LogP contribution >= 0.6 is 11.3 Å². The number of ketones is 1. The van der Waals surface area contributed by atoms with Gasteiger partial charge in [0.1, 0.15) is 0 Å².